The Balaban J connectivity index is 1.87. The number of imidazole rings is 1. The van der Waals surface area contributed by atoms with E-state index in [0.29, 0.717) is 11.5 Å². The Bertz CT molecular complexity index is 802. The number of carbonyl (C=O) groups excluding carboxylic acids is 1. The summed E-state index contributed by atoms with van der Waals surface area (Å²) < 4.78 is 2.20. The van der Waals surface area contributed by atoms with E-state index in [0.717, 1.165) is 23.3 Å². The summed E-state index contributed by atoms with van der Waals surface area (Å²) in [5, 5.41) is 3.98. The summed E-state index contributed by atoms with van der Waals surface area (Å²) in [6.07, 6.45) is 5.49. The van der Waals surface area contributed by atoms with Crippen LogP contribution in [-0.2, 0) is 6.54 Å². The third-order valence-electron chi connectivity index (χ3n) is 3.90. The maximum Gasteiger partial charge on any atom is 0.252 e. The van der Waals surface area contributed by atoms with Gasteiger partial charge < -0.3 is 14.9 Å². The molecule has 0 aliphatic rings. The summed E-state index contributed by atoms with van der Waals surface area (Å²) in [6.45, 7) is 7.24. The van der Waals surface area contributed by atoms with Gasteiger partial charge in [-0.3, -0.25) is 4.79 Å². The molecule has 0 radical (unpaired) electrons. The molecule has 3 rings (SSSR count). The van der Waals surface area contributed by atoms with E-state index in [1.165, 1.54) is 0 Å². The number of benzene rings is 1. The van der Waals surface area contributed by atoms with Crippen molar-refractivity contribution in [2.24, 2.45) is 5.92 Å². The number of carbonyl (C=O) groups is 1. The van der Waals surface area contributed by atoms with E-state index in [4.69, 9.17) is 0 Å². The van der Waals surface area contributed by atoms with Crippen LogP contribution in [0.2, 0.25) is 0 Å². The van der Waals surface area contributed by atoms with Crippen molar-refractivity contribution in [2.75, 3.05) is 0 Å². The molecule has 0 aliphatic carbocycles. The molecular weight excluding hydrogens is 288 g/mol. The average molecular weight is 310 g/mol. The van der Waals surface area contributed by atoms with Gasteiger partial charge in [-0.25, -0.2) is 4.98 Å². The Hall–Kier alpha value is -2.56. The molecule has 1 atom stereocenters. The molecule has 0 aliphatic heterocycles. The molecular formula is C18H22N4O. The van der Waals surface area contributed by atoms with Crippen molar-refractivity contribution in [2.45, 2.75) is 33.4 Å². The second kappa shape index (κ2) is 6.28. The first kappa shape index (κ1) is 15.3. The Labute approximate surface area is 135 Å². The third-order valence-corrected chi connectivity index (χ3v) is 3.90. The maximum atomic E-state index is 12.6. The molecule has 0 bridgehead atoms. The monoisotopic (exact) mass is 310 g/mol. The van der Waals surface area contributed by atoms with Crippen LogP contribution in [0.15, 0.2) is 42.9 Å². The average Bonchev–Trinajstić information content (AvgIpc) is 3.16. The molecule has 0 saturated heterocycles. The fraction of sp³-hybridized carbons (Fsp3) is 0.333. The number of H-pyrrole nitrogens is 1. The van der Waals surface area contributed by atoms with Crippen LogP contribution in [0.5, 0.6) is 0 Å². The smallest absolute Gasteiger partial charge is 0.252 e. The second-order valence-corrected chi connectivity index (χ2v) is 6.27. The van der Waals surface area contributed by atoms with Crippen LogP contribution in [0.25, 0.3) is 10.9 Å². The fourth-order valence-electron chi connectivity index (χ4n) is 2.83. The summed E-state index contributed by atoms with van der Waals surface area (Å²) >= 11 is 0. The van der Waals surface area contributed by atoms with Crippen molar-refractivity contribution in [1.29, 1.82) is 0 Å². The summed E-state index contributed by atoms with van der Waals surface area (Å²) in [7, 11) is 0. The van der Waals surface area contributed by atoms with E-state index in [-0.39, 0.29) is 11.9 Å². The zero-order chi connectivity index (χ0) is 16.4. The predicted molar refractivity (Wildman–Crippen MR) is 91.2 cm³/mol. The molecule has 3 aromatic rings. The standard InChI is InChI=1S/C18H22N4O/c1-12(2)11-22-10-7-14-15(5-4-6-16(14)22)18(23)21-13(3)17-19-8-9-20-17/h4-10,12-13H,11H2,1-3H3,(H,19,20)(H,21,23)/t13-/m0/s1. The van der Waals surface area contributed by atoms with Crippen molar-refractivity contribution >= 4 is 16.8 Å². The molecule has 23 heavy (non-hydrogen) atoms. The van der Waals surface area contributed by atoms with E-state index in [1.807, 2.05) is 25.1 Å². The van der Waals surface area contributed by atoms with Gasteiger partial charge in [-0.15, -0.1) is 0 Å². The highest BCUT2D eigenvalue weighted by Crippen LogP contribution is 2.22. The van der Waals surface area contributed by atoms with Crippen molar-refractivity contribution in [3.8, 4) is 0 Å². The van der Waals surface area contributed by atoms with Gasteiger partial charge in [-0.1, -0.05) is 19.9 Å². The normalized spacial score (nSPS) is 12.7. The molecule has 2 N–H and O–H groups in total. The number of amides is 1. The number of hydrogen-bond donors (Lipinski definition) is 2. The minimum atomic E-state index is -0.162. The number of nitrogens with zero attached hydrogens (tertiary/aromatic N) is 2. The van der Waals surface area contributed by atoms with Gasteiger partial charge >= 0.3 is 0 Å². The Morgan fingerprint density at radius 2 is 2.13 bits per heavy atom. The fourth-order valence-corrected chi connectivity index (χ4v) is 2.83. The SMILES string of the molecule is CC(C)Cn1ccc2c(C(=O)N[C@@H](C)c3ncc[nH]3)cccc21. The van der Waals surface area contributed by atoms with E-state index < -0.39 is 0 Å². The van der Waals surface area contributed by atoms with Crippen molar-refractivity contribution in [1.82, 2.24) is 19.9 Å². The van der Waals surface area contributed by atoms with Crippen molar-refractivity contribution in [3.63, 3.8) is 0 Å². The van der Waals surface area contributed by atoms with Crippen LogP contribution < -0.4 is 5.32 Å². The molecule has 2 heterocycles. The maximum absolute atomic E-state index is 12.6. The number of rotatable bonds is 5. The third kappa shape index (κ3) is 3.13. The van der Waals surface area contributed by atoms with Crippen molar-refractivity contribution in [3.05, 3.63) is 54.2 Å². The van der Waals surface area contributed by atoms with Gasteiger partial charge in [0.1, 0.15) is 5.82 Å². The lowest BCUT2D eigenvalue weighted by molar-refractivity contribution is 0.0940. The zero-order valence-electron chi connectivity index (χ0n) is 13.7. The predicted octanol–water partition coefficient (Wildman–Crippen LogP) is 3.51. The molecule has 5 heteroatoms. The van der Waals surface area contributed by atoms with Gasteiger partial charge in [0.25, 0.3) is 5.91 Å². The summed E-state index contributed by atoms with van der Waals surface area (Å²) in [6, 6.07) is 7.72. The molecule has 0 saturated carbocycles. The number of nitrogens with one attached hydrogen (secondary N) is 2. The largest absolute Gasteiger partial charge is 0.347 e. The molecule has 0 fully saturated rings. The molecule has 0 spiro atoms. The molecule has 5 nitrogen and oxygen atoms in total. The van der Waals surface area contributed by atoms with E-state index in [9.17, 15) is 4.79 Å². The summed E-state index contributed by atoms with van der Waals surface area (Å²) in [5.74, 6) is 1.23. The van der Waals surface area contributed by atoms with Gasteiger partial charge in [0, 0.05) is 41.6 Å². The Kier molecular flexibility index (Phi) is 4.19. The minimum absolute atomic E-state index is 0.0817. The lowest BCUT2D eigenvalue weighted by Gasteiger charge is -2.13. The number of aromatic amines is 1. The molecule has 1 aromatic carbocycles. The number of fused-ring (bicyclic) bond motifs is 1. The number of hydrogen-bond acceptors (Lipinski definition) is 2. The zero-order valence-corrected chi connectivity index (χ0v) is 13.7. The highest BCUT2D eigenvalue weighted by atomic mass is 16.1. The molecule has 2 aromatic heterocycles. The van der Waals surface area contributed by atoms with Crippen LogP contribution in [0, 0.1) is 5.92 Å². The van der Waals surface area contributed by atoms with Crippen LogP contribution >= 0.6 is 0 Å². The van der Waals surface area contributed by atoms with Gasteiger partial charge in [0.05, 0.1) is 6.04 Å². The molecule has 0 unspecified atom stereocenters. The van der Waals surface area contributed by atoms with Crippen LogP contribution in [-0.4, -0.2) is 20.4 Å². The quantitative estimate of drug-likeness (QED) is 0.757. The topological polar surface area (TPSA) is 62.7 Å². The van der Waals surface area contributed by atoms with E-state index in [2.05, 4.69) is 46.0 Å². The molecule has 1 amide bonds. The van der Waals surface area contributed by atoms with Gasteiger partial charge in [-0.05, 0) is 31.0 Å². The Morgan fingerprint density at radius 1 is 1.30 bits per heavy atom. The minimum Gasteiger partial charge on any atom is -0.347 e. The lowest BCUT2D eigenvalue weighted by atomic mass is 10.1. The lowest BCUT2D eigenvalue weighted by Crippen LogP contribution is -2.27. The van der Waals surface area contributed by atoms with Crippen molar-refractivity contribution < 1.29 is 4.79 Å². The Morgan fingerprint density at radius 3 is 2.83 bits per heavy atom. The van der Waals surface area contributed by atoms with Gasteiger partial charge in [-0.2, -0.15) is 0 Å². The second-order valence-electron chi connectivity index (χ2n) is 6.27. The van der Waals surface area contributed by atoms with Crippen LogP contribution in [0.4, 0.5) is 0 Å². The number of aromatic nitrogens is 3. The molecule has 120 valence electrons. The summed E-state index contributed by atoms with van der Waals surface area (Å²) in [4.78, 5) is 19.8. The van der Waals surface area contributed by atoms with Crippen LogP contribution in [0.3, 0.4) is 0 Å². The van der Waals surface area contributed by atoms with Gasteiger partial charge in [0.2, 0.25) is 0 Å². The highest BCUT2D eigenvalue weighted by molar-refractivity contribution is 6.06. The first-order valence-electron chi connectivity index (χ1n) is 7.94. The first-order valence-corrected chi connectivity index (χ1v) is 7.94. The van der Waals surface area contributed by atoms with E-state index in [1.54, 1.807) is 12.4 Å². The van der Waals surface area contributed by atoms with Crippen LogP contribution in [0.1, 0.15) is 43.0 Å². The first-order chi connectivity index (χ1) is 11.1. The highest BCUT2D eigenvalue weighted by Gasteiger charge is 2.16. The van der Waals surface area contributed by atoms with Gasteiger partial charge in [0.15, 0.2) is 0 Å². The summed E-state index contributed by atoms with van der Waals surface area (Å²) in [5.41, 5.74) is 1.79. The van der Waals surface area contributed by atoms with E-state index >= 15 is 0 Å².